The predicted octanol–water partition coefficient (Wildman–Crippen LogP) is 7.73. The molecule has 11 rings (SSSR count). The molecule has 0 bridgehead atoms. The van der Waals surface area contributed by atoms with Crippen molar-refractivity contribution < 1.29 is 66.0 Å². The van der Waals surface area contributed by atoms with E-state index >= 15 is 0 Å². The molecule has 0 saturated carbocycles. The van der Waals surface area contributed by atoms with Crippen molar-refractivity contribution in [3.63, 3.8) is 0 Å². The minimum atomic E-state index is -4.26. The first-order valence-corrected chi connectivity index (χ1v) is 30.5. The molecule has 4 aromatic heterocycles. The Hall–Kier alpha value is -8.26. The highest BCUT2D eigenvalue weighted by Gasteiger charge is 2.42. The van der Waals surface area contributed by atoms with Crippen molar-refractivity contribution in [2.45, 2.75) is 103 Å². The van der Waals surface area contributed by atoms with Crippen LogP contribution in [0.25, 0.3) is 33.1 Å². The molecular weight excluding hydrogens is 1150 g/mol. The summed E-state index contributed by atoms with van der Waals surface area (Å²) in [5, 5.41) is 28.6. The fraction of sp³-hybridized carbons (Fsp3) is 0.310. The minimum absolute atomic E-state index is 0.0452. The van der Waals surface area contributed by atoms with Crippen LogP contribution >= 0.6 is 15.5 Å². The van der Waals surface area contributed by atoms with Crippen molar-refractivity contribution in [1.29, 1.82) is 0 Å². The molecule has 2 aliphatic rings. The molecule has 0 radical (unpaired) electrons. The Kier molecular flexibility index (Phi) is 19.1. The number of nitrogens with two attached hydrogens (primary N) is 2. The topological polar surface area (TPSA) is 346 Å². The Morgan fingerprint density at radius 1 is 0.605 bits per heavy atom. The zero-order chi connectivity index (χ0) is 60.5. The molecule has 2 fully saturated rings. The summed E-state index contributed by atoms with van der Waals surface area (Å²) in [5.41, 5.74) is 15.4. The number of aliphatic hydroxyl groups is 2. The average molecular weight is 1220 g/mol. The van der Waals surface area contributed by atoms with Gasteiger partial charge in [-0.05, 0) is 62.4 Å². The Labute approximate surface area is 493 Å². The van der Waals surface area contributed by atoms with E-state index in [9.17, 15) is 28.9 Å². The first kappa shape index (κ1) is 60.8. The van der Waals surface area contributed by atoms with E-state index in [0.717, 1.165) is 16.5 Å². The van der Waals surface area contributed by atoms with Crippen LogP contribution in [0.1, 0.15) is 61.9 Å². The number of hydrogen-bond acceptors (Lipinski definition) is 22. The fourth-order valence-electron chi connectivity index (χ4n) is 9.43. The molecule has 9 aromatic rings. The van der Waals surface area contributed by atoms with Crippen molar-refractivity contribution in [2.75, 3.05) is 24.7 Å². The molecule has 4 unspecified atom stereocenters. The highest BCUT2D eigenvalue weighted by molar-refractivity contribution is 7.52. The number of anilines is 2. The van der Waals surface area contributed by atoms with Crippen LogP contribution in [-0.2, 0) is 59.9 Å². The van der Waals surface area contributed by atoms with Crippen LogP contribution in [-0.4, -0.2) is 111 Å². The maximum atomic E-state index is 14.3. The Morgan fingerprint density at radius 3 is 1.52 bits per heavy atom. The second kappa shape index (κ2) is 27.0. The van der Waals surface area contributed by atoms with Gasteiger partial charge in [-0.15, -0.1) is 0 Å². The monoisotopic (exact) mass is 1210 g/mol. The first-order chi connectivity index (χ1) is 41.4. The molecule has 10 atom stereocenters. The molecule has 26 nitrogen and oxygen atoms in total. The number of imidazole rings is 2. The number of rotatable bonds is 22. The van der Waals surface area contributed by atoms with Crippen molar-refractivity contribution in [3.05, 3.63) is 169 Å². The summed E-state index contributed by atoms with van der Waals surface area (Å²) < 4.78 is 77.7. The van der Waals surface area contributed by atoms with Crippen molar-refractivity contribution in [2.24, 2.45) is 0 Å². The normalized spacial score (nSPS) is 20.5. The molecule has 86 heavy (non-hydrogen) atoms. The van der Waals surface area contributed by atoms with E-state index in [1.807, 2.05) is 91.0 Å². The van der Waals surface area contributed by atoms with E-state index in [4.69, 9.17) is 48.5 Å². The molecule has 0 spiro atoms. The predicted molar refractivity (Wildman–Crippen MR) is 314 cm³/mol. The van der Waals surface area contributed by atoms with E-state index in [1.165, 1.54) is 26.5 Å². The van der Waals surface area contributed by atoms with Gasteiger partial charge in [-0.1, -0.05) is 115 Å². The van der Waals surface area contributed by atoms with E-state index in [-0.39, 0.29) is 62.4 Å². The number of aryl methyl sites for hydroxylation is 2. The van der Waals surface area contributed by atoms with Gasteiger partial charge in [-0.3, -0.25) is 27.8 Å². The number of aromatic nitrogens is 8. The molecule has 6 heterocycles. The molecule has 450 valence electrons. The molecule has 2 aliphatic heterocycles. The zero-order valence-corrected chi connectivity index (χ0v) is 48.9. The fourth-order valence-corrected chi connectivity index (χ4v) is 12.5. The van der Waals surface area contributed by atoms with Crippen LogP contribution in [0.4, 0.5) is 11.6 Å². The number of nitrogens with zero attached hydrogens (tertiary/aromatic N) is 8. The van der Waals surface area contributed by atoms with E-state index < -0.39 is 76.4 Å². The van der Waals surface area contributed by atoms with Crippen LogP contribution in [0.15, 0.2) is 146 Å². The minimum Gasteiger partial charge on any atom is -0.460 e. The summed E-state index contributed by atoms with van der Waals surface area (Å²) in [6.07, 6.45) is -1.56. The number of benzene rings is 5. The van der Waals surface area contributed by atoms with Gasteiger partial charge < -0.3 is 49.7 Å². The number of carbonyl (C=O) groups excluding carboxylic acids is 2. The van der Waals surface area contributed by atoms with Crippen molar-refractivity contribution in [3.8, 4) is 11.5 Å². The number of nitrogens with one attached hydrogen (secondary N) is 2. The Morgan fingerprint density at radius 2 is 1.03 bits per heavy atom. The van der Waals surface area contributed by atoms with Gasteiger partial charge in [0.1, 0.15) is 84.1 Å². The first-order valence-electron chi connectivity index (χ1n) is 27.4. The summed E-state index contributed by atoms with van der Waals surface area (Å²) in [4.78, 5) is 51.2. The quantitative estimate of drug-likeness (QED) is 0.0279. The van der Waals surface area contributed by atoms with E-state index in [1.54, 1.807) is 65.4 Å². The Balaban J connectivity index is 0.000000192. The van der Waals surface area contributed by atoms with Gasteiger partial charge in [0.15, 0.2) is 22.9 Å². The third-order valence-electron chi connectivity index (χ3n) is 13.8. The summed E-state index contributed by atoms with van der Waals surface area (Å²) >= 11 is 0. The molecule has 2 saturated heterocycles. The third-order valence-corrected chi connectivity index (χ3v) is 17.0. The van der Waals surface area contributed by atoms with Gasteiger partial charge in [0.2, 0.25) is 0 Å². The van der Waals surface area contributed by atoms with Gasteiger partial charge >= 0.3 is 27.4 Å². The summed E-state index contributed by atoms with van der Waals surface area (Å²) in [5.74, 6) is 0.675. The maximum Gasteiger partial charge on any atom is 0.459 e. The van der Waals surface area contributed by atoms with E-state index in [0.29, 0.717) is 39.4 Å². The van der Waals surface area contributed by atoms with Gasteiger partial charge in [-0.2, -0.15) is 10.2 Å². The zero-order valence-electron chi connectivity index (χ0n) is 47.1. The van der Waals surface area contributed by atoms with Crippen LogP contribution in [0.5, 0.6) is 11.5 Å². The lowest BCUT2D eigenvalue weighted by atomic mass is 10.1. The van der Waals surface area contributed by atoms with Crippen LogP contribution in [0.2, 0.25) is 0 Å². The molecule has 0 aliphatic carbocycles. The maximum absolute atomic E-state index is 14.3. The lowest BCUT2D eigenvalue weighted by molar-refractivity contribution is -0.147. The van der Waals surface area contributed by atoms with E-state index in [2.05, 4.69) is 40.1 Å². The second-order valence-corrected chi connectivity index (χ2v) is 23.7. The molecule has 0 amide bonds. The highest BCUT2D eigenvalue weighted by Crippen LogP contribution is 2.49. The lowest BCUT2D eigenvalue weighted by Gasteiger charge is -2.25. The average Bonchev–Trinajstić information content (AvgIpc) is 1.92. The number of carbonyl (C=O) groups is 2. The number of hydrogen-bond donors (Lipinski definition) is 6. The highest BCUT2D eigenvalue weighted by atomic mass is 31.2. The van der Waals surface area contributed by atoms with Crippen LogP contribution in [0.3, 0.4) is 0 Å². The number of aliphatic hydroxyl groups excluding tert-OH is 2. The summed E-state index contributed by atoms with van der Waals surface area (Å²) in [6.45, 7) is 5.91. The van der Waals surface area contributed by atoms with Gasteiger partial charge in [0.05, 0.1) is 38.1 Å². The number of esters is 2. The Bertz CT molecular complexity index is 3900. The van der Waals surface area contributed by atoms with Gasteiger partial charge in [0.25, 0.3) is 0 Å². The number of ether oxygens (including phenoxy) is 4. The SMILES string of the molecule is Cc1nc(N)c2ncn([C@H]3CC(O)[C@@H](COP(=O)(N[C@@H](C)C(=O)OCc4ccccc4)Oc4cccc5ccccc45)O3)c2n1.Cc1nc(N)c2ncn([C@H]3CC(O)[C@@H](COP(=O)(N[C@@H](C)C(=O)OCc4ccccc4)Oc4ccccc4)O3)c2n1. The number of fused-ring (bicyclic) bond motifs is 3. The van der Waals surface area contributed by atoms with Crippen molar-refractivity contribution >= 4 is 72.2 Å². The molecule has 28 heteroatoms. The second-order valence-electron chi connectivity index (χ2n) is 20.3. The summed E-state index contributed by atoms with van der Waals surface area (Å²) in [6, 6.07) is 37.5. The molecule has 5 aromatic carbocycles. The van der Waals surface area contributed by atoms with Gasteiger partial charge in [0, 0.05) is 18.2 Å². The smallest absolute Gasteiger partial charge is 0.459 e. The van der Waals surface area contributed by atoms with Gasteiger partial charge in [-0.25, -0.2) is 39.0 Å². The van der Waals surface area contributed by atoms with Crippen LogP contribution in [0, 0.1) is 13.8 Å². The van der Waals surface area contributed by atoms with Crippen molar-refractivity contribution in [1.82, 2.24) is 49.2 Å². The molecular formula is C58H64N12O14P2. The third kappa shape index (κ3) is 14.9. The number of nitrogen functional groups attached to an aromatic ring is 2. The largest absolute Gasteiger partial charge is 0.460 e. The molecule has 8 N–H and O–H groups in total. The summed E-state index contributed by atoms with van der Waals surface area (Å²) in [7, 11) is -8.42. The lowest BCUT2D eigenvalue weighted by Crippen LogP contribution is -2.36. The number of para-hydroxylation sites is 1. The van der Waals surface area contributed by atoms with Crippen LogP contribution < -0.4 is 30.7 Å². The standard InChI is InChI=1S/C31H33N6O7P.C27H31N6O7P/c1-19(31(39)41-16-21-9-4-3-5-10-21)36-45(40,44-25-14-8-12-22-11-6-7-13-23(22)25)42-17-26-24(38)15-27(43-26)37-18-33-28-29(32)34-20(2)35-30(28)37;1-17(27(35)37-14-19-9-5-3-6-10-19)32-41(36,40-20-11-7-4-8-12-20)38-15-22-21(34)13-23(39-22)33-16-29-24-25(28)30-18(2)31-26(24)33/h3-14,18-19,24,26-27,38H,15-17H2,1-2H3,(H,36,40)(H2,32,34,35);3-12,16-17,21-23,34H,13-15H2,1-2H3,(H,32,36)(H2,28,30,31)/t19-,24?,26+,27+,45?;17-,21?,22+,23+,41?/m00/s1.